The standard InChI is InChI=1S/C29H30N6O6S2/c1-18(36)34-12-11-29(16-34)17-35(28(37)33-27-31-23-8-10-25(41-3)32-26(23)42-27)24-9-7-21(14-22(24)29)43(38,39)30-15-19-5-4-6-20(13-19)40-2/h4-10,13-14,30H,11-12,15-17H2,1-3H3,(H,31,33,37). The van der Waals surface area contributed by atoms with Crippen LogP contribution in [0.1, 0.15) is 24.5 Å². The molecule has 2 aliphatic rings. The van der Waals surface area contributed by atoms with Crippen LogP contribution in [-0.4, -0.2) is 69.1 Å². The van der Waals surface area contributed by atoms with Crippen LogP contribution in [0.4, 0.5) is 15.6 Å². The average Bonchev–Trinajstić information content (AvgIpc) is 3.71. The summed E-state index contributed by atoms with van der Waals surface area (Å²) in [7, 11) is -0.816. The minimum atomic E-state index is -3.90. The highest BCUT2D eigenvalue weighted by Gasteiger charge is 2.50. The topological polar surface area (TPSA) is 143 Å². The van der Waals surface area contributed by atoms with Gasteiger partial charge in [0.2, 0.25) is 21.8 Å². The maximum Gasteiger partial charge on any atom is 0.328 e. The second-order valence-corrected chi connectivity index (χ2v) is 13.3. The molecule has 2 aromatic heterocycles. The summed E-state index contributed by atoms with van der Waals surface area (Å²) in [4.78, 5) is 38.8. The molecule has 4 aromatic rings. The molecule has 3 amide bonds. The molecule has 1 unspecified atom stereocenters. The van der Waals surface area contributed by atoms with Gasteiger partial charge in [0.1, 0.15) is 16.1 Å². The first-order valence-electron chi connectivity index (χ1n) is 13.5. The van der Waals surface area contributed by atoms with Crippen LogP contribution in [0.3, 0.4) is 0 Å². The van der Waals surface area contributed by atoms with Gasteiger partial charge in [0.25, 0.3) is 0 Å². The van der Waals surface area contributed by atoms with Crippen molar-refractivity contribution in [3.8, 4) is 11.6 Å². The molecule has 0 saturated carbocycles. The average molecular weight is 623 g/mol. The molecule has 14 heteroatoms. The van der Waals surface area contributed by atoms with E-state index in [0.29, 0.717) is 57.9 Å². The molecule has 2 aromatic carbocycles. The van der Waals surface area contributed by atoms with Crippen molar-refractivity contribution in [1.82, 2.24) is 19.6 Å². The third kappa shape index (κ3) is 5.48. The van der Waals surface area contributed by atoms with Crippen molar-refractivity contribution >= 4 is 54.5 Å². The maximum absolute atomic E-state index is 13.6. The van der Waals surface area contributed by atoms with Gasteiger partial charge in [0.05, 0.1) is 19.1 Å². The fraction of sp³-hybridized carbons (Fsp3) is 0.310. The molecule has 1 fully saturated rings. The van der Waals surface area contributed by atoms with Gasteiger partial charge >= 0.3 is 6.03 Å². The van der Waals surface area contributed by atoms with Gasteiger partial charge in [0, 0.05) is 50.3 Å². The number of pyridine rings is 1. The number of carbonyl (C=O) groups is 2. The van der Waals surface area contributed by atoms with Crippen LogP contribution in [-0.2, 0) is 26.8 Å². The van der Waals surface area contributed by atoms with Crippen molar-refractivity contribution in [2.24, 2.45) is 0 Å². The van der Waals surface area contributed by atoms with E-state index in [1.165, 1.54) is 31.4 Å². The van der Waals surface area contributed by atoms with Gasteiger partial charge in [0.15, 0.2) is 5.13 Å². The Morgan fingerprint density at radius 2 is 1.88 bits per heavy atom. The van der Waals surface area contributed by atoms with E-state index in [1.54, 1.807) is 59.4 Å². The fourth-order valence-corrected chi connectivity index (χ4v) is 7.52. The summed E-state index contributed by atoms with van der Waals surface area (Å²) in [5.74, 6) is 1.01. The van der Waals surface area contributed by atoms with Crippen LogP contribution in [0.5, 0.6) is 11.6 Å². The number of nitrogens with zero attached hydrogens (tertiary/aromatic N) is 4. The molecule has 1 atom stereocenters. The van der Waals surface area contributed by atoms with Gasteiger partial charge in [-0.25, -0.2) is 27.9 Å². The minimum absolute atomic E-state index is 0.0672. The lowest BCUT2D eigenvalue weighted by Gasteiger charge is -2.25. The first kappa shape index (κ1) is 28.8. The molecule has 0 aliphatic carbocycles. The number of benzene rings is 2. The predicted molar refractivity (Wildman–Crippen MR) is 162 cm³/mol. The van der Waals surface area contributed by atoms with E-state index in [9.17, 15) is 18.0 Å². The number of hydrogen-bond acceptors (Lipinski definition) is 9. The molecule has 0 radical (unpaired) electrons. The monoisotopic (exact) mass is 622 g/mol. The number of rotatable bonds is 7. The zero-order valence-electron chi connectivity index (χ0n) is 23.8. The number of anilines is 2. The number of ether oxygens (including phenoxy) is 2. The van der Waals surface area contributed by atoms with E-state index >= 15 is 0 Å². The van der Waals surface area contributed by atoms with Crippen molar-refractivity contribution in [3.63, 3.8) is 0 Å². The van der Waals surface area contributed by atoms with Gasteiger partial charge < -0.3 is 14.4 Å². The predicted octanol–water partition coefficient (Wildman–Crippen LogP) is 3.73. The minimum Gasteiger partial charge on any atom is -0.497 e. The molecule has 1 spiro atoms. The quantitative estimate of drug-likeness (QED) is 0.318. The molecular weight excluding hydrogens is 592 g/mol. The van der Waals surface area contributed by atoms with E-state index in [2.05, 4.69) is 20.0 Å². The summed E-state index contributed by atoms with van der Waals surface area (Å²) in [6.45, 7) is 2.78. The summed E-state index contributed by atoms with van der Waals surface area (Å²) in [5, 5.41) is 3.25. The van der Waals surface area contributed by atoms with E-state index < -0.39 is 21.5 Å². The number of hydrogen-bond donors (Lipinski definition) is 2. The molecule has 2 N–H and O–H groups in total. The van der Waals surface area contributed by atoms with Gasteiger partial charge in [-0.3, -0.25) is 15.0 Å². The van der Waals surface area contributed by atoms with Gasteiger partial charge in [-0.2, -0.15) is 0 Å². The smallest absolute Gasteiger partial charge is 0.328 e. The van der Waals surface area contributed by atoms with E-state index in [0.717, 1.165) is 5.56 Å². The summed E-state index contributed by atoms with van der Waals surface area (Å²) >= 11 is 1.23. The fourth-order valence-electron chi connectivity index (χ4n) is 5.66. The van der Waals surface area contributed by atoms with E-state index in [1.807, 2.05) is 6.07 Å². The summed E-state index contributed by atoms with van der Waals surface area (Å²) in [6, 6.07) is 15.0. The Morgan fingerprint density at radius 1 is 1.05 bits per heavy atom. The number of nitrogens with one attached hydrogen (secondary N) is 2. The van der Waals surface area contributed by atoms with Crippen molar-refractivity contribution in [1.29, 1.82) is 0 Å². The number of carbonyl (C=O) groups excluding carboxylic acids is 2. The molecule has 224 valence electrons. The van der Waals surface area contributed by atoms with Crippen molar-refractivity contribution in [2.75, 3.05) is 44.1 Å². The third-order valence-electron chi connectivity index (χ3n) is 7.90. The lowest BCUT2D eigenvalue weighted by atomic mass is 9.81. The number of thiazole rings is 1. The first-order valence-corrected chi connectivity index (χ1v) is 15.8. The van der Waals surface area contributed by atoms with Crippen LogP contribution >= 0.6 is 11.3 Å². The number of likely N-dealkylation sites (tertiary alicyclic amines) is 1. The highest BCUT2D eigenvalue weighted by atomic mass is 32.2. The highest BCUT2D eigenvalue weighted by Crippen LogP contribution is 2.47. The second kappa shape index (κ2) is 11.1. The Hall–Kier alpha value is -4.27. The first-order chi connectivity index (χ1) is 20.6. The Kier molecular flexibility index (Phi) is 7.44. The van der Waals surface area contributed by atoms with Crippen LogP contribution in [0, 0.1) is 0 Å². The zero-order valence-corrected chi connectivity index (χ0v) is 25.4. The summed E-state index contributed by atoms with van der Waals surface area (Å²) < 4.78 is 39.9. The third-order valence-corrected chi connectivity index (χ3v) is 10.2. The summed E-state index contributed by atoms with van der Waals surface area (Å²) in [6.07, 6.45) is 0.592. The SMILES string of the molecule is COc1cccc(CNS(=O)(=O)c2ccc3c(c2)C2(CCN(C(C)=O)C2)CN3C(=O)Nc2nc3ccc(OC)nc3s2)c1. The molecule has 6 rings (SSSR count). The number of methoxy groups -OCH3 is 2. The van der Waals surface area contributed by atoms with Crippen molar-refractivity contribution < 1.29 is 27.5 Å². The van der Waals surface area contributed by atoms with Crippen molar-refractivity contribution in [2.45, 2.75) is 30.2 Å². The molecule has 0 bridgehead atoms. The van der Waals surface area contributed by atoms with E-state index in [4.69, 9.17) is 9.47 Å². The molecule has 4 heterocycles. The van der Waals surface area contributed by atoms with Gasteiger partial charge in [-0.05, 0) is 53.9 Å². The highest BCUT2D eigenvalue weighted by molar-refractivity contribution is 7.89. The molecule has 2 aliphatic heterocycles. The molecule has 43 heavy (non-hydrogen) atoms. The molecular formula is C29H30N6O6S2. The lowest BCUT2D eigenvalue weighted by Crippen LogP contribution is -2.41. The molecule has 12 nitrogen and oxygen atoms in total. The Bertz CT molecular complexity index is 1840. The second-order valence-electron chi connectivity index (χ2n) is 10.5. The van der Waals surface area contributed by atoms with Gasteiger partial charge in [-0.1, -0.05) is 23.5 Å². The zero-order chi connectivity index (χ0) is 30.4. The van der Waals surface area contributed by atoms with Crippen LogP contribution < -0.4 is 24.4 Å². The lowest BCUT2D eigenvalue weighted by molar-refractivity contribution is -0.127. The van der Waals surface area contributed by atoms with Crippen LogP contribution in [0.15, 0.2) is 59.5 Å². The van der Waals surface area contributed by atoms with Crippen LogP contribution in [0.25, 0.3) is 10.3 Å². The normalized spacial score (nSPS) is 17.8. The Labute approximate surface area is 252 Å². The van der Waals surface area contributed by atoms with E-state index in [-0.39, 0.29) is 23.9 Å². The van der Waals surface area contributed by atoms with Crippen LogP contribution in [0.2, 0.25) is 0 Å². The Balaban J connectivity index is 1.29. The number of urea groups is 1. The number of fused-ring (bicyclic) bond motifs is 3. The Morgan fingerprint density at radius 3 is 2.63 bits per heavy atom. The maximum atomic E-state index is 13.6. The largest absolute Gasteiger partial charge is 0.497 e. The van der Waals surface area contributed by atoms with Crippen molar-refractivity contribution in [3.05, 3.63) is 65.7 Å². The number of aromatic nitrogens is 2. The number of amides is 3. The summed E-state index contributed by atoms with van der Waals surface area (Å²) in [5.41, 5.74) is 2.07. The number of sulfonamides is 1. The molecule has 1 saturated heterocycles. The van der Waals surface area contributed by atoms with Gasteiger partial charge in [-0.15, -0.1) is 0 Å².